The van der Waals surface area contributed by atoms with E-state index in [0.717, 1.165) is 42.5 Å². The molecule has 0 spiro atoms. The van der Waals surface area contributed by atoms with E-state index in [1.54, 1.807) is 0 Å². The first kappa shape index (κ1) is 21.5. The molecule has 1 aromatic heterocycles. The molecule has 7 nitrogen and oxygen atoms in total. The second kappa shape index (κ2) is 10.0. The zero-order valence-electron chi connectivity index (χ0n) is 18.4. The maximum absolute atomic E-state index is 12.6. The molecule has 3 heterocycles. The van der Waals surface area contributed by atoms with Crippen LogP contribution in [-0.2, 0) is 22.6 Å². The second-order valence-electron chi connectivity index (χ2n) is 8.38. The Kier molecular flexibility index (Phi) is 6.94. The summed E-state index contributed by atoms with van der Waals surface area (Å²) in [6.07, 6.45) is 3.74. The lowest BCUT2D eigenvalue weighted by molar-refractivity contribution is -0.128. The lowest BCUT2D eigenvalue weighted by Gasteiger charge is -2.21. The Morgan fingerprint density at radius 2 is 2.06 bits per heavy atom. The van der Waals surface area contributed by atoms with Gasteiger partial charge in [0.2, 0.25) is 5.91 Å². The van der Waals surface area contributed by atoms with E-state index in [-0.39, 0.29) is 11.8 Å². The number of likely N-dealkylation sites (tertiary alicyclic amines) is 1. The molecule has 7 heteroatoms. The standard InChI is InChI=1S/C24H31N5O2/c1-25-22-12-21(20-11-24(30)29(15-20)14-18-7-4-3-5-8-18)26-23(27-22)16-28(2)13-19-9-6-10-31-17-19/h3-5,7-9,12,20H,6,10-11,13-17H2,1-2H3,(H,25,26,27)/t20-/m1/s1. The van der Waals surface area contributed by atoms with Gasteiger partial charge in [0.1, 0.15) is 11.6 Å². The first-order chi connectivity index (χ1) is 15.1. The summed E-state index contributed by atoms with van der Waals surface area (Å²) in [6, 6.07) is 12.1. The molecule has 31 heavy (non-hydrogen) atoms. The molecule has 1 fully saturated rings. The fraction of sp³-hybridized carbons (Fsp3) is 0.458. The highest BCUT2D eigenvalue weighted by Gasteiger charge is 2.32. The summed E-state index contributed by atoms with van der Waals surface area (Å²) in [7, 11) is 3.94. The number of carbonyl (C=O) groups is 1. The van der Waals surface area contributed by atoms with Crippen LogP contribution in [0.1, 0.15) is 35.8 Å². The number of aromatic nitrogens is 2. The topological polar surface area (TPSA) is 70.6 Å². The van der Waals surface area contributed by atoms with Crippen LogP contribution in [0, 0.1) is 0 Å². The number of nitrogens with one attached hydrogen (secondary N) is 1. The van der Waals surface area contributed by atoms with Gasteiger partial charge in [0, 0.05) is 45.1 Å². The van der Waals surface area contributed by atoms with E-state index in [4.69, 9.17) is 9.72 Å². The lowest BCUT2D eigenvalue weighted by atomic mass is 10.0. The van der Waals surface area contributed by atoms with Gasteiger partial charge in [0.15, 0.2) is 0 Å². The normalized spacial score (nSPS) is 19.1. The highest BCUT2D eigenvalue weighted by atomic mass is 16.5. The maximum atomic E-state index is 12.6. The average molecular weight is 422 g/mol. The third-order valence-electron chi connectivity index (χ3n) is 5.76. The Balaban J connectivity index is 1.44. The molecule has 1 saturated heterocycles. The summed E-state index contributed by atoms with van der Waals surface area (Å²) >= 11 is 0. The van der Waals surface area contributed by atoms with Crippen LogP contribution in [0.25, 0.3) is 0 Å². The quantitative estimate of drug-likeness (QED) is 0.661. The average Bonchev–Trinajstić information content (AvgIpc) is 3.15. The number of ether oxygens (including phenoxy) is 1. The van der Waals surface area contributed by atoms with Gasteiger partial charge in [-0.05, 0) is 24.6 Å². The fourth-order valence-electron chi connectivity index (χ4n) is 4.22. The van der Waals surface area contributed by atoms with Crippen molar-refractivity contribution in [2.45, 2.75) is 31.8 Å². The molecule has 0 saturated carbocycles. The van der Waals surface area contributed by atoms with Crippen LogP contribution in [0.5, 0.6) is 0 Å². The summed E-state index contributed by atoms with van der Waals surface area (Å²) in [5.74, 6) is 1.84. The van der Waals surface area contributed by atoms with Gasteiger partial charge in [0.05, 0.1) is 25.5 Å². The van der Waals surface area contributed by atoms with Gasteiger partial charge in [-0.25, -0.2) is 9.97 Å². The first-order valence-corrected chi connectivity index (χ1v) is 10.9. The third kappa shape index (κ3) is 5.68. The van der Waals surface area contributed by atoms with Crippen LogP contribution in [-0.4, -0.2) is 66.1 Å². The number of rotatable bonds is 8. The highest BCUT2D eigenvalue weighted by molar-refractivity contribution is 5.79. The number of likely N-dealkylation sites (N-methyl/N-ethyl adjacent to an activating group) is 1. The van der Waals surface area contributed by atoms with Crippen LogP contribution >= 0.6 is 0 Å². The molecule has 2 aromatic rings. The summed E-state index contributed by atoms with van der Waals surface area (Å²) in [4.78, 5) is 26.3. The van der Waals surface area contributed by atoms with E-state index in [0.29, 0.717) is 32.7 Å². The van der Waals surface area contributed by atoms with Gasteiger partial charge in [0.25, 0.3) is 0 Å². The van der Waals surface area contributed by atoms with Gasteiger partial charge < -0.3 is 15.0 Å². The molecular formula is C24H31N5O2. The van der Waals surface area contributed by atoms with E-state index < -0.39 is 0 Å². The Morgan fingerprint density at radius 3 is 2.81 bits per heavy atom. The minimum absolute atomic E-state index is 0.0878. The van der Waals surface area contributed by atoms with Crippen LogP contribution in [0.3, 0.4) is 0 Å². The third-order valence-corrected chi connectivity index (χ3v) is 5.76. The monoisotopic (exact) mass is 421 g/mol. The molecule has 1 aromatic carbocycles. The van der Waals surface area contributed by atoms with Crippen molar-refractivity contribution in [2.75, 3.05) is 45.7 Å². The largest absolute Gasteiger partial charge is 0.377 e. The van der Waals surface area contributed by atoms with Gasteiger partial charge in [-0.15, -0.1) is 0 Å². The number of nitrogens with zero attached hydrogens (tertiary/aromatic N) is 4. The maximum Gasteiger partial charge on any atom is 0.223 e. The molecule has 0 unspecified atom stereocenters. The van der Waals surface area contributed by atoms with Crippen molar-refractivity contribution in [1.29, 1.82) is 0 Å². The van der Waals surface area contributed by atoms with Crippen molar-refractivity contribution in [2.24, 2.45) is 0 Å². The van der Waals surface area contributed by atoms with Crippen molar-refractivity contribution >= 4 is 11.7 Å². The molecule has 1 amide bonds. The van der Waals surface area contributed by atoms with Crippen LogP contribution in [0.4, 0.5) is 5.82 Å². The van der Waals surface area contributed by atoms with E-state index in [9.17, 15) is 4.79 Å². The minimum atomic E-state index is 0.0878. The van der Waals surface area contributed by atoms with Crippen LogP contribution in [0.2, 0.25) is 0 Å². The van der Waals surface area contributed by atoms with Crippen molar-refractivity contribution < 1.29 is 9.53 Å². The first-order valence-electron chi connectivity index (χ1n) is 10.9. The van der Waals surface area contributed by atoms with Gasteiger partial charge in [-0.2, -0.15) is 0 Å². The number of hydrogen-bond donors (Lipinski definition) is 1. The second-order valence-corrected chi connectivity index (χ2v) is 8.38. The van der Waals surface area contributed by atoms with E-state index in [1.807, 2.05) is 36.2 Å². The fourth-order valence-corrected chi connectivity index (χ4v) is 4.22. The van der Waals surface area contributed by atoms with Crippen molar-refractivity contribution in [3.8, 4) is 0 Å². The molecule has 0 aliphatic carbocycles. The highest BCUT2D eigenvalue weighted by Crippen LogP contribution is 2.29. The molecule has 0 radical (unpaired) electrons. The number of amides is 1. The molecule has 1 N–H and O–H groups in total. The SMILES string of the molecule is CNc1cc([C@@H]2CC(=O)N(Cc3ccccc3)C2)nc(CN(C)CC2=CCCOC2)n1. The van der Waals surface area contributed by atoms with Crippen molar-refractivity contribution in [3.63, 3.8) is 0 Å². The van der Waals surface area contributed by atoms with Gasteiger partial charge >= 0.3 is 0 Å². The zero-order chi connectivity index (χ0) is 21.6. The number of benzene rings is 1. The van der Waals surface area contributed by atoms with Crippen molar-refractivity contribution in [1.82, 2.24) is 19.8 Å². The Hall–Kier alpha value is -2.77. The number of carbonyl (C=O) groups excluding carboxylic acids is 1. The number of anilines is 1. The lowest BCUT2D eigenvalue weighted by Crippen LogP contribution is -2.25. The van der Waals surface area contributed by atoms with E-state index in [2.05, 4.69) is 40.5 Å². The Morgan fingerprint density at radius 1 is 1.23 bits per heavy atom. The van der Waals surface area contributed by atoms with Gasteiger partial charge in [-0.3, -0.25) is 9.69 Å². The predicted octanol–water partition coefficient (Wildman–Crippen LogP) is 2.81. The molecule has 2 aliphatic rings. The molecule has 4 rings (SSSR count). The zero-order valence-corrected chi connectivity index (χ0v) is 18.4. The predicted molar refractivity (Wildman–Crippen MR) is 121 cm³/mol. The molecule has 2 aliphatic heterocycles. The van der Waals surface area contributed by atoms with E-state index >= 15 is 0 Å². The number of hydrogen-bond acceptors (Lipinski definition) is 6. The van der Waals surface area contributed by atoms with Crippen LogP contribution < -0.4 is 5.32 Å². The minimum Gasteiger partial charge on any atom is -0.377 e. The summed E-state index contributed by atoms with van der Waals surface area (Å²) in [6.45, 7) is 4.34. The Bertz CT molecular complexity index is 931. The summed E-state index contributed by atoms with van der Waals surface area (Å²) in [5, 5.41) is 3.15. The summed E-state index contributed by atoms with van der Waals surface area (Å²) in [5.41, 5.74) is 3.39. The molecule has 1 atom stereocenters. The summed E-state index contributed by atoms with van der Waals surface area (Å²) < 4.78 is 5.55. The Labute approximate surface area is 184 Å². The molecule has 0 bridgehead atoms. The van der Waals surface area contributed by atoms with E-state index in [1.165, 1.54) is 5.57 Å². The smallest absolute Gasteiger partial charge is 0.223 e. The van der Waals surface area contributed by atoms with Gasteiger partial charge in [-0.1, -0.05) is 36.4 Å². The molecule has 164 valence electrons. The van der Waals surface area contributed by atoms with Crippen LogP contribution in [0.15, 0.2) is 48.0 Å². The molecular weight excluding hydrogens is 390 g/mol. The van der Waals surface area contributed by atoms with Crippen molar-refractivity contribution in [3.05, 3.63) is 65.1 Å².